The number of hydrogen-bond acceptors (Lipinski definition) is 2. The Bertz CT molecular complexity index is 653. The van der Waals surface area contributed by atoms with Crippen LogP contribution in [0, 0.1) is 13.8 Å². The van der Waals surface area contributed by atoms with Crippen LogP contribution in [0.3, 0.4) is 0 Å². The number of hydrogen-bond donors (Lipinski definition) is 2. The average Bonchev–Trinajstić information content (AvgIpc) is 2.43. The number of rotatable bonds is 3. The number of carbonyl (C=O) groups is 1. The van der Waals surface area contributed by atoms with Crippen molar-refractivity contribution in [3.05, 3.63) is 58.1 Å². The van der Waals surface area contributed by atoms with Gasteiger partial charge in [0.25, 0.3) is 5.91 Å². The van der Waals surface area contributed by atoms with E-state index in [4.69, 9.17) is 11.6 Å². The van der Waals surface area contributed by atoms with Crippen molar-refractivity contribution in [3.8, 4) is 0 Å². The Labute approximate surface area is 124 Å². The molecule has 0 atom stereocenters. The zero-order chi connectivity index (χ0) is 14.7. The molecule has 4 heteroatoms. The van der Waals surface area contributed by atoms with E-state index in [2.05, 4.69) is 10.6 Å². The van der Waals surface area contributed by atoms with Gasteiger partial charge in [-0.2, -0.15) is 0 Å². The third-order valence-electron chi connectivity index (χ3n) is 3.20. The average molecular weight is 289 g/mol. The van der Waals surface area contributed by atoms with Crippen molar-refractivity contribution in [3.63, 3.8) is 0 Å². The highest BCUT2D eigenvalue weighted by atomic mass is 35.5. The van der Waals surface area contributed by atoms with Crippen LogP contribution in [0.4, 0.5) is 11.4 Å². The Morgan fingerprint density at radius 1 is 1.10 bits per heavy atom. The molecule has 1 amide bonds. The topological polar surface area (TPSA) is 41.1 Å². The third-order valence-corrected chi connectivity index (χ3v) is 3.61. The molecule has 2 N–H and O–H groups in total. The number of carbonyl (C=O) groups excluding carboxylic acids is 1. The lowest BCUT2D eigenvalue weighted by Crippen LogP contribution is -2.15. The Hall–Kier alpha value is -2.00. The van der Waals surface area contributed by atoms with Gasteiger partial charge in [0.2, 0.25) is 0 Å². The van der Waals surface area contributed by atoms with E-state index in [9.17, 15) is 4.79 Å². The van der Waals surface area contributed by atoms with Crippen LogP contribution in [-0.2, 0) is 0 Å². The Kier molecular flexibility index (Phi) is 4.30. The first-order chi connectivity index (χ1) is 9.52. The van der Waals surface area contributed by atoms with Crippen molar-refractivity contribution in [2.45, 2.75) is 13.8 Å². The van der Waals surface area contributed by atoms with Crippen molar-refractivity contribution < 1.29 is 4.79 Å². The SMILES string of the molecule is CNc1ccc(C)cc1C(=O)Nc1cccc(Cl)c1C. The second-order valence-electron chi connectivity index (χ2n) is 4.67. The number of aryl methyl sites for hydroxylation is 1. The van der Waals surface area contributed by atoms with Crippen molar-refractivity contribution in [1.82, 2.24) is 0 Å². The number of nitrogens with one attached hydrogen (secondary N) is 2. The summed E-state index contributed by atoms with van der Waals surface area (Å²) in [7, 11) is 1.80. The van der Waals surface area contributed by atoms with Gasteiger partial charge in [0.15, 0.2) is 0 Å². The molecule has 0 aliphatic rings. The fourth-order valence-electron chi connectivity index (χ4n) is 2.00. The summed E-state index contributed by atoms with van der Waals surface area (Å²) in [5, 5.41) is 6.57. The van der Waals surface area contributed by atoms with Crippen LogP contribution in [-0.4, -0.2) is 13.0 Å². The predicted molar refractivity (Wildman–Crippen MR) is 84.9 cm³/mol. The monoisotopic (exact) mass is 288 g/mol. The molecule has 20 heavy (non-hydrogen) atoms. The molecule has 2 aromatic carbocycles. The Morgan fingerprint density at radius 3 is 2.55 bits per heavy atom. The summed E-state index contributed by atoms with van der Waals surface area (Å²) in [4.78, 5) is 12.4. The van der Waals surface area contributed by atoms with Gasteiger partial charge >= 0.3 is 0 Å². The number of halogens is 1. The first kappa shape index (κ1) is 14.4. The maximum Gasteiger partial charge on any atom is 0.257 e. The number of amides is 1. The molecule has 0 spiro atoms. The minimum atomic E-state index is -0.150. The third kappa shape index (κ3) is 2.94. The van der Waals surface area contributed by atoms with E-state index in [1.54, 1.807) is 13.1 Å². The van der Waals surface area contributed by atoms with Gasteiger partial charge in [0.05, 0.1) is 5.56 Å². The zero-order valence-electron chi connectivity index (χ0n) is 11.8. The van der Waals surface area contributed by atoms with Crippen LogP contribution < -0.4 is 10.6 Å². The van der Waals surface area contributed by atoms with E-state index in [0.717, 1.165) is 22.5 Å². The summed E-state index contributed by atoms with van der Waals surface area (Å²) in [5.41, 5.74) is 4.05. The lowest BCUT2D eigenvalue weighted by molar-refractivity contribution is 0.102. The fourth-order valence-corrected chi connectivity index (χ4v) is 2.17. The van der Waals surface area contributed by atoms with Gasteiger partial charge in [-0.1, -0.05) is 29.3 Å². The smallest absolute Gasteiger partial charge is 0.257 e. The van der Waals surface area contributed by atoms with E-state index in [0.29, 0.717) is 10.6 Å². The lowest BCUT2D eigenvalue weighted by atomic mass is 10.1. The van der Waals surface area contributed by atoms with Gasteiger partial charge in [0, 0.05) is 23.4 Å². The summed E-state index contributed by atoms with van der Waals surface area (Å²) < 4.78 is 0. The van der Waals surface area contributed by atoms with Crippen molar-refractivity contribution in [2.24, 2.45) is 0 Å². The summed E-state index contributed by atoms with van der Waals surface area (Å²) >= 11 is 6.06. The Morgan fingerprint density at radius 2 is 1.85 bits per heavy atom. The van der Waals surface area contributed by atoms with E-state index >= 15 is 0 Å². The molecule has 0 fully saturated rings. The standard InChI is InChI=1S/C16H17ClN2O/c1-10-7-8-15(18-3)12(9-10)16(20)19-14-6-4-5-13(17)11(14)2/h4-9,18H,1-3H3,(H,19,20). The number of anilines is 2. The van der Waals surface area contributed by atoms with Gasteiger partial charge < -0.3 is 10.6 Å². The van der Waals surface area contributed by atoms with E-state index in [1.165, 1.54) is 0 Å². The first-order valence-corrected chi connectivity index (χ1v) is 6.75. The molecule has 0 unspecified atom stereocenters. The van der Waals surface area contributed by atoms with Crippen LogP contribution in [0.15, 0.2) is 36.4 Å². The maximum absolute atomic E-state index is 12.4. The lowest BCUT2D eigenvalue weighted by Gasteiger charge is -2.13. The summed E-state index contributed by atoms with van der Waals surface area (Å²) in [5.74, 6) is -0.150. The van der Waals surface area contributed by atoms with Gasteiger partial charge in [-0.3, -0.25) is 4.79 Å². The van der Waals surface area contributed by atoms with E-state index in [1.807, 2.05) is 44.2 Å². The molecule has 104 valence electrons. The minimum absolute atomic E-state index is 0.150. The molecule has 0 saturated heterocycles. The zero-order valence-corrected chi connectivity index (χ0v) is 12.5. The normalized spacial score (nSPS) is 10.2. The van der Waals surface area contributed by atoms with Crippen molar-refractivity contribution in [1.29, 1.82) is 0 Å². The molecule has 0 heterocycles. The molecule has 2 rings (SSSR count). The van der Waals surface area contributed by atoms with E-state index < -0.39 is 0 Å². The van der Waals surface area contributed by atoms with Crippen molar-refractivity contribution in [2.75, 3.05) is 17.7 Å². The Balaban J connectivity index is 2.33. The largest absolute Gasteiger partial charge is 0.387 e. The number of benzene rings is 2. The second kappa shape index (κ2) is 5.97. The highest BCUT2D eigenvalue weighted by Crippen LogP contribution is 2.25. The first-order valence-electron chi connectivity index (χ1n) is 6.38. The maximum atomic E-state index is 12.4. The fraction of sp³-hybridized carbons (Fsp3) is 0.188. The highest BCUT2D eigenvalue weighted by Gasteiger charge is 2.13. The predicted octanol–water partition coefficient (Wildman–Crippen LogP) is 4.25. The van der Waals surface area contributed by atoms with Crippen LogP contribution in [0.2, 0.25) is 5.02 Å². The summed E-state index contributed by atoms with van der Waals surface area (Å²) in [6.07, 6.45) is 0. The minimum Gasteiger partial charge on any atom is -0.387 e. The highest BCUT2D eigenvalue weighted by molar-refractivity contribution is 6.31. The van der Waals surface area contributed by atoms with Crippen LogP contribution in [0.25, 0.3) is 0 Å². The van der Waals surface area contributed by atoms with Crippen molar-refractivity contribution >= 4 is 28.9 Å². The van der Waals surface area contributed by atoms with Gasteiger partial charge in [-0.15, -0.1) is 0 Å². The summed E-state index contributed by atoms with van der Waals surface area (Å²) in [6, 6.07) is 11.2. The molecule has 0 bridgehead atoms. The van der Waals surface area contributed by atoms with Gasteiger partial charge in [-0.05, 0) is 43.7 Å². The second-order valence-corrected chi connectivity index (χ2v) is 5.07. The van der Waals surface area contributed by atoms with Gasteiger partial charge in [0.1, 0.15) is 0 Å². The van der Waals surface area contributed by atoms with Crippen LogP contribution in [0.5, 0.6) is 0 Å². The molecule has 0 aliphatic heterocycles. The van der Waals surface area contributed by atoms with Gasteiger partial charge in [-0.25, -0.2) is 0 Å². The molecule has 0 aliphatic carbocycles. The molecule has 0 aromatic heterocycles. The molecule has 2 aromatic rings. The van der Waals surface area contributed by atoms with Crippen LogP contribution >= 0.6 is 11.6 Å². The summed E-state index contributed by atoms with van der Waals surface area (Å²) in [6.45, 7) is 3.84. The van der Waals surface area contributed by atoms with E-state index in [-0.39, 0.29) is 5.91 Å². The molecule has 0 saturated carbocycles. The molecular formula is C16H17ClN2O. The quantitative estimate of drug-likeness (QED) is 0.886. The van der Waals surface area contributed by atoms with Crippen LogP contribution in [0.1, 0.15) is 21.5 Å². The molecular weight excluding hydrogens is 272 g/mol. The molecule has 0 radical (unpaired) electrons. The molecule has 3 nitrogen and oxygen atoms in total.